The first-order chi connectivity index (χ1) is 5.34. The Bertz CT molecular complexity index is 102. The molecule has 1 heterocycles. The molecule has 0 spiro atoms. The van der Waals surface area contributed by atoms with E-state index in [-0.39, 0.29) is 12.1 Å². The van der Waals surface area contributed by atoms with Gasteiger partial charge < -0.3 is 15.2 Å². The first-order valence-electron chi connectivity index (χ1n) is 4.25. The maximum absolute atomic E-state index is 9.49. The zero-order valence-corrected chi connectivity index (χ0v) is 7.05. The van der Waals surface area contributed by atoms with Crippen molar-refractivity contribution in [1.29, 1.82) is 0 Å². The quantitative estimate of drug-likeness (QED) is 0.615. The Kier molecular flexibility index (Phi) is 3.83. The number of piperidine rings is 1. The van der Waals surface area contributed by atoms with Crippen LogP contribution >= 0.6 is 0 Å². The topological polar surface area (TPSA) is 41.5 Å². The van der Waals surface area contributed by atoms with Crippen LogP contribution in [0.1, 0.15) is 19.3 Å². The summed E-state index contributed by atoms with van der Waals surface area (Å²) in [6.45, 7) is 1.48. The van der Waals surface area contributed by atoms with Gasteiger partial charge in [-0.25, -0.2) is 0 Å². The Morgan fingerprint density at radius 3 is 3.00 bits per heavy atom. The molecule has 1 aliphatic rings. The zero-order valence-electron chi connectivity index (χ0n) is 7.05. The lowest BCUT2D eigenvalue weighted by atomic mass is 10.0. The average Bonchev–Trinajstić information content (AvgIpc) is 2.07. The second kappa shape index (κ2) is 4.70. The number of ether oxygens (including phenoxy) is 1. The Balaban J connectivity index is 2.21. The number of methoxy groups -OCH3 is 1. The van der Waals surface area contributed by atoms with Crippen LogP contribution in [0.5, 0.6) is 0 Å². The lowest BCUT2D eigenvalue weighted by Crippen LogP contribution is -2.44. The third-order valence-electron chi connectivity index (χ3n) is 2.15. The van der Waals surface area contributed by atoms with Gasteiger partial charge in [-0.3, -0.25) is 0 Å². The molecule has 66 valence electrons. The summed E-state index contributed by atoms with van der Waals surface area (Å²) in [5.41, 5.74) is 0. The smallest absolute Gasteiger partial charge is 0.0925 e. The van der Waals surface area contributed by atoms with E-state index in [2.05, 4.69) is 5.32 Å². The number of rotatable bonds is 3. The summed E-state index contributed by atoms with van der Waals surface area (Å²) in [6, 6.07) is 0.253. The summed E-state index contributed by atoms with van der Waals surface area (Å²) in [5, 5.41) is 12.8. The second-order valence-electron chi connectivity index (χ2n) is 3.08. The minimum atomic E-state index is -0.333. The van der Waals surface area contributed by atoms with E-state index in [1.54, 1.807) is 7.11 Å². The minimum Gasteiger partial charge on any atom is -0.389 e. The summed E-state index contributed by atoms with van der Waals surface area (Å²) >= 11 is 0. The number of hydrogen-bond donors (Lipinski definition) is 2. The summed E-state index contributed by atoms with van der Waals surface area (Å²) < 4.78 is 4.87. The van der Waals surface area contributed by atoms with E-state index in [1.165, 1.54) is 12.8 Å². The van der Waals surface area contributed by atoms with Crippen LogP contribution in [0, 0.1) is 0 Å². The Morgan fingerprint density at radius 1 is 1.64 bits per heavy atom. The van der Waals surface area contributed by atoms with Gasteiger partial charge in [0.25, 0.3) is 0 Å². The number of aliphatic hydroxyl groups excluding tert-OH is 1. The van der Waals surface area contributed by atoms with E-state index in [0.717, 1.165) is 13.0 Å². The van der Waals surface area contributed by atoms with E-state index >= 15 is 0 Å². The van der Waals surface area contributed by atoms with Crippen molar-refractivity contribution in [3.63, 3.8) is 0 Å². The molecule has 3 nitrogen and oxygen atoms in total. The molecule has 1 aliphatic heterocycles. The first kappa shape index (κ1) is 8.97. The second-order valence-corrected chi connectivity index (χ2v) is 3.08. The van der Waals surface area contributed by atoms with Crippen molar-refractivity contribution >= 4 is 0 Å². The largest absolute Gasteiger partial charge is 0.389 e. The number of hydrogen-bond acceptors (Lipinski definition) is 3. The summed E-state index contributed by atoms with van der Waals surface area (Å²) in [5.74, 6) is 0. The van der Waals surface area contributed by atoms with E-state index in [9.17, 15) is 5.11 Å². The number of aliphatic hydroxyl groups is 1. The maximum Gasteiger partial charge on any atom is 0.0925 e. The Labute approximate surface area is 67.7 Å². The van der Waals surface area contributed by atoms with Crippen molar-refractivity contribution in [1.82, 2.24) is 5.32 Å². The van der Waals surface area contributed by atoms with Crippen LogP contribution in [0.3, 0.4) is 0 Å². The van der Waals surface area contributed by atoms with E-state index in [4.69, 9.17) is 4.74 Å². The third kappa shape index (κ3) is 2.77. The molecule has 1 fully saturated rings. The molecule has 0 aromatic heterocycles. The molecule has 3 heteroatoms. The minimum absolute atomic E-state index is 0.253. The van der Waals surface area contributed by atoms with Gasteiger partial charge >= 0.3 is 0 Å². The summed E-state index contributed by atoms with van der Waals surface area (Å²) in [7, 11) is 1.62. The maximum atomic E-state index is 9.49. The van der Waals surface area contributed by atoms with Crippen molar-refractivity contribution in [2.24, 2.45) is 0 Å². The van der Waals surface area contributed by atoms with Crippen LogP contribution < -0.4 is 5.32 Å². The van der Waals surface area contributed by atoms with Gasteiger partial charge in [0, 0.05) is 13.2 Å². The molecule has 0 aromatic carbocycles. The summed E-state index contributed by atoms with van der Waals surface area (Å²) in [4.78, 5) is 0. The van der Waals surface area contributed by atoms with Crippen LogP contribution in [0.4, 0.5) is 0 Å². The van der Waals surface area contributed by atoms with Gasteiger partial charge in [0.15, 0.2) is 0 Å². The molecule has 0 aromatic rings. The Morgan fingerprint density at radius 2 is 2.45 bits per heavy atom. The molecule has 2 N–H and O–H groups in total. The fourth-order valence-electron chi connectivity index (χ4n) is 1.49. The highest BCUT2D eigenvalue weighted by Gasteiger charge is 2.20. The molecular weight excluding hydrogens is 142 g/mol. The monoisotopic (exact) mass is 159 g/mol. The van der Waals surface area contributed by atoms with Crippen LogP contribution in [0.15, 0.2) is 0 Å². The van der Waals surface area contributed by atoms with Crippen molar-refractivity contribution in [3.05, 3.63) is 0 Å². The highest BCUT2D eigenvalue weighted by atomic mass is 16.5. The van der Waals surface area contributed by atoms with Crippen molar-refractivity contribution < 1.29 is 9.84 Å². The average molecular weight is 159 g/mol. The molecule has 2 unspecified atom stereocenters. The van der Waals surface area contributed by atoms with Crippen LogP contribution in [0.2, 0.25) is 0 Å². The van der Waals surface area contributed by atoms with Crippen LogP contribution in [-0.2, 0) is 4.74 Å². The molecule has 0 radical (unpaired) electrons. The van der Waals surface area contributed by atoms with Crippen molar-refractivity contribution in [2.75, 3.05) is 20.3 Å². The van der Waals surface area contributed by atoms with Gasteiger partial charge in [-0.05, 0) is 19.4 Å². The summed E-state index contributed by atoms with van der Waals surface area (Å²) in [6.07, 6.45) is 3.19. The molecule has 1 rings (SSSR count). The third-order valence-corrected chi connectivity index (χ3v) is 2.15. The molecule has 0 amide bonds. The lowest BCUT2D eigenvalue weighted by molar-refractivity contribution is 0.0322. The van der Waals surface area contributed by atoms with E-state index < -0.39 is 0 Å². The SMILES string of the molecule is COCC(O)C1CCCCN1. The molecule has 0 bridgehead atoms. The highest BCUT2D eigenvalue weighted by Crippen LogP contribution is 2.10. The first-order valence-corrected chi connectivity index (χ1v) is 4.25. The van der Waals surface area contributed by atoms with Gasteiger partial charge in [0.2, 0.25) is 0 Å². The van der Waals surface area contributed by atoms with Gasteiger partial charge in [0.05, 0.1) is 12.7 Å². The van der Waals surface area contributed by atoms with Gasteiger partial charge in [0.1, 0.15) is 0 Å². The van der Waals surface area contributed by atoms with Gasteiger partial charge in [-0.15, -0.1) is 0 Å². The Hall–Kier alpha value is -0.120. The van der Waals surface area contributed by atoms with E-state index in [0.29, 0.717) is 6.61 Å². The van der Waals surface area contributed by atoms with E-state index in [1.807, 2.05) is 0 Å². The molecule has 11 heavy (non-hydrogen) atoms. The highest BCUT2D eigenvalue weighted by molar-refractivity contribution is 4.78. The number of nitrogens with one attached hydrogen (secondary N) is 1. The zero-order chi connectivity index (χ0) is 8.10. The normalized spacial score (nSPS) is 28.4. The molecule has 0 saturated carbocycles. The van der Waals surface area contributed by atoms with Crippen LogP contribution in [-0.4, -0.2) is 37.5 Å². The van der Waals surface area contributed by atoms with Crippen molar-refractivity contribution in [3.8, 4) is 0 Å². The van der Waals surface area contributed by atoms with Crippen molar-refractivity contribution in [2.45, 2.75) is 31.4 Å². The molecule has 1 saturated heterocycles. The molecule has 0 aliphatic carbocycles. The lowest BCUT2D eigenvalue weighted by Gasteiger charge is -2.27. The van der Waals surface area contributed by atoms with Crippen LogP contribution in [0.25, 0.3) is 0 Å². The standard InChI is InChI=1S/C8H17NO2/c1-11-6-8(10)7-4-2-3-5-9-7/h7-10H,2-6H2,1H3. The fourth-order valence-corrected chi connectivity index (χ4v) is 1.49. The fraction of sp³-hybridized carbons (Fsp3) is 1.00. The predicted molar refractivity (Wildman–Crippen MR) is 43.5 cm³/mol. The van der Waals surface area contributed by atoms with Gasteiger partial charge in [-0.1, -0.05) is 6.42 Å². The van der Waals surface area contributed by atoms with Gasteiger partial charge in [-0.2, -0.15) is 0 Å². The molecule has 2 atom stereocenters. The molecular formula is C8H17NO2. The predicted octanol–water partition coefficient (Wildman–Crippen LogP) is 0.136.